The number of rotatable bonds is 10. The summed E-state index contributed by atoms with van der Waals surface area (Å²) in [5.41, 5.74) is 3.02. The molecule has 0 aliphatic rings. The molecule has 3 aromatic carbocycles. The van der Waals surface area contributed by atoms with Gasteiger partial charge in [-0.2, -0.15) is 0 Å². The third kappa shape index (κ3) is 7.63. The minimum absolute atomic E-state index is 0.0491. The van der Waals surface area contributed by atoms with Gasteiger partial charge < -0.3 is 15.0 Å². The van der Waals surface area contributed by atoms with Gasteiger partial charge in [0.1, 0.15) is 11.8 Å². The van der Waals surface area contributed by atoms with E-state index in [1.807, 2.05) is 75.4 Å². The fourth-order valence-corrected chi connectivity index (χ4v) is 3.83. The van der Waals surface area contributed by atoms with Crippen molar-refractivity contribution >= 4 is 23.4 Å². The van der Waals surface area contributed by atoms with Crippen molar-refractivity contribution in [2.24, 2.45) is 0 Å². The highest BCUT2D eigenvalue weighted by Crippen LogP contribution is 2.18. The Balaban J connectivity index is 1.90. The molecule has 3 aromatic rings. The molecule has 0 saturated heterocycles. The monoisotopic (exact) mass is 478 g/mol. The second kappa shape index (κ2) is 12.2. The van der Waals surface area contributed by atoms with Crippen LogP contribution in [-0.2, 0) is 22.6 Å². The number of aryl methyl sites for hydroxylation is 1. The maximum atomic E-state index is 13.5. The van der Waals surface area contributed by atoms with Crippen LogP contribution in [0.1, 0.15) is 30.5 Å². The highest BCUT2D eigenvalue weighted by molar-refractivity contribution is 6.30. The molecule has 0 aromatic heterocycles. The Morgan fingerprint density at radius 1 is 0.941 bits per heavy atom. The van der Waals surface area contributed by atoms with Crippen molar-refractivity contribution in [2.75, 3.05) is 6.61 Å². The molecule has 1 N–H and O–H groups in total. The van der Waals surface area contributed by atoms with Gasteiger partial charge in [0.2, 0.25) is 5.91 Å². The quantitative estimate of drug-likeness (QED) is 0.436. The van der Waals surface area contributed by atoms with E-state index in [1.165, 1.54) is 0 Å². The number of carbonyl (C=O) groups is 2. The van der Waals surface area contributed by atoms with Gasteiger partial charge in [-0.1, -0.05) is 71.8 Å². The zero-order chi connectivity index (χ0) is 24.5. The smallest absolute Gasteiger partial charge is 0.261 e. The van der Waals surface area contributed by atoms with Gasteiger partial charge in [-0.05, 0) is 56.2 Å². The number of hydrogen-bond donors (Lipinski definition) is 1. The predicted octanol–water partition coefficient (Wildman–Crippen LogP) is 5.19. The first-order valence-corrected chi connectivity index (χ1v) is 11.8. The molecule has 1 atom stereocenters. The Labute approximate surface area is 206 Å². The lowest BCUT2D eigenvalue weighted by Crippen LogP contribution is -2.52. The standard InChI is InChI=1S/C28H31ClN2O3/c1-20(2)30-28(33)26(17-22-9-5-4-6-10-22)31(18-23-11-7-8-21(3)16-23)27(32)19-34-25-14-12-24(29)13-15-25/h4-16,20,26H,17-19H2,1-3H3,(H,30,33)/t26-/m1/s1. The van der Waals surface area contributed by atoms with Gasteiger partial charge in [0.15, 0.2) is 6.61 Å². The maximum Gasteiger partial charge on any atom is 0.261 e. The Bertz CT molecular complexity index is 1080. The molecule has 0 fully saturated rings. The van der Waals surface area contributed by atoms with E-state index >= 15 is 0 Å². The Kier molecular flexibility index (Phi) is 9.11. The van der Waals surface area contributed by atoms with Gasteiger partial charge in [0.25, 0.3) is 5.91 Å². The molecule has 0 radical (unpaired) electrons. The van der Waals surface area contributed by atoms with Crippen molar-refractivity contribution in [3.8, 4) is 5.75 Å². The van der Waals surface area contributed by atoms with Crippen LogP contribution >= 0.6 is 11.6 Å². The summed E-state index contributed by atoms with van der Waals surface area (Å²) >= 11 is 5.95. The molecular weight excluding hydrogens is 448 g/mol. The molecule has 0 heterocycles. The van der Waals surface area contributed by atoms with Crippen molar-refractivity contribution in [3.05, 3.63) is 101 Å². The van der Waals surface area contributed by atoms with E-state index in [4.69, 9.17) is 16.3 Å². The lowest BCUT2D eigenvalue weighted by Gasteiger charge is -2.32. The van der Waals surface area contributed by atoms with Crippen molar-refractivity contribution in [2.45, 2.75) is 45.8 Å². The second-order valence-corrected chi connectivity index (χ2v) is 9.06. The summed E-state index contributed by atoms with van der Waals surface area (Å²) in [6.07, 6.45) is 0.401. The largest absolute Gasteiger partial charge is 0.484 e. The van der Waals surface area contributed by atoms with Crippen molar-refractivity contribution in [1.29, 1.82) is 0 Å². The number of halogens is 1. The topological polar surface area (TPSA) is 58.6 Å². The van der Waals surface area contributed by atoms with Crippen molar-refractivity contribution < 1.29 is 14.3 Å². The van der Waals surface area contributed by atoms with E-state index < -0.39 is 6.04 Å². The molecule has 0 saturated carbocycles. The van der Waals surface area contributed by atoms with Crippen LogP contribution in [0, 0.1) is 6.92 Å². The predicted molar refractivity (Wildman–Crippen MR) is 136 cm³/mol. The van der Waals surface area contributed by atoms with Crippen LogP contribution < -0.4 is 10.1 Å². The van der Waals surface area contributed by atoms with Gasteiger partial charge in [0, 0.05) is 24.0 Å². The molecule has 5 nitrogen and oxygen atoms in total. The van der Waals surface area contributed by atoms with Gasteiger partial charge in [-0.25, -0.2) is 0 Å². The molecule has 0 bridgehead atoms. The van der Waals surface area contributed by atoms with Gasteiger partial charge >= 0.3 is 0 Å². The second-order valence-electron chi connectivity index (χ2n) is 8.62. The van der Waals surface area contributed by atoms with Crippen LogP contribution in [0.5, 0.6) is 5.75 Å². The zero-order valence-corrected chi connectivity index (χ0v) is 20.6. The third-order valence-electron chi connectivity index (χ3n) is 5.31. The van der Waals surface area contributed by atoms with Gasteiger partial charge in [-0.3, -0.25) is 9.59 Å². The summed E-state index contributed by atoms with van der Waals surface area (Å²) < 4.78 is 5.74. The van der Waals surface area contributed by atoms with Crippen LogP contribution in [0.4, 0.5) is 0 Å². The molecular formula is C28H31ClN2O3. The number of hydrogen-bond acceptors (Lipinski definition) is 3. The zero-order valence-electron chi connectivity index (χ0n) is 19.8. The number of ether oxygens (including phenoxy) is 1. The molecule has 0 aliphatic carbocycles. The number of nitrogens with zero attached hydrogens (tertiary/aromatic N) is 1. The van der Waals surface area contributed by atoms with E-state index in [2.05, 4.69) is 5.32 Å². The lowest BCUT2D eigenvalue weighted by atomic mass is 10.0. The third-order valence-corrected chi connectivity index (χ3v) is 5.57. The first-order chi connectivity index (χ1) is 16.3. The molecule has 34 heavy (non-hydrogen) atoms. The van der Waals surface area contributed by atoms with E-state index in [0.717, 1.165) is 16.7 Å². The number of amides is 2. The van der Waals surface area contributed by atoms with Gasteiger partial charge in [-0.15, -0.1) is 0 Å². The minimum atomic E-state index is -0.688. The highest BCUT2D eigenvalue weighted by atomic mass is 35.5. The van der Waals surface area contributed by atoms with E-state index in [1.54, 1.807) is 29.2 Å². The van der Waals surface area contributed by atoms with Crippen LogP contribution in [-0.4, -0.2) is 35.4 Å². The molecule has 3 rings (SSSR count). The normalized spacial score (nSPS) is 11.7. The summed E-state index contributed by atoms with van der Waals surface area (Å²) in [6.45, 7) is 5.94. The summed E-state index contributed by atoms with van der Waals surface area (Å²) in [7, 11) is 0. The van der Waals surface area contributed by atoms with Crippen LogP contribution in [0.15, 0.2) is 78.9 Å². The Hall–Kier alpha value is -3.31. The molecule has 178 valence electrons. The SMILES string of the molecule is Cc1cccc(CN(C(=O)COc2ccc(Cl)cc2)[C@H](Cc2ccccc2)C(=O)NC(C)C)c1. The van der Waals surface area contributed by atoms with Crippen LogP contribution in [0.25, 0.3) is 0 Å². The highest BCUT2D eigenvalue weighted by Gasteiger charge is 2.31. The van der Waals surface area contributed by atoms with Crippen molar-refractivity contribution in [1.82, 2.24) is 10.2 Å². The summed E-state index contributed by atoms with van der Waals surface area (Å²) in [5.74, 6) is 0.0853. The van der Waals surface area contributed by atoms with E-state index in [9.17, 15) is 9.59 Å². The fraction of sp³-hybridized carbons (Fsp3) is 0.286. The number of carbonyl (C=O) groups excluding carboxylic acids is 2. The van der Waals surface area contributed by atoms with E-state index in [0.29, 0.717) is 23.7 Å². The summed E-state index contributed by atoms with van der Waals surface area (Å²) in [6, 6.07) is 23.8. The molecule has 6 heteroatoms. The summed E-state index contributed by atoms with van der Waals surface area (Å²) in [4.78, 5) is 28.4. The molecule has 2 amide bonds. The number of nitrogens with one attached hydrogen (secondary N) is 1. The number of benzene rings is 3. The van der Waals surface area contributed by atoms with E-state index in [-0.39, 0.29) is 24.5 Å². The lowest BCUT2D eigenvalue weighted by molar-refractivity contribution is -0.143. The Morgan fingerprint density at radius 2 is 1.62 bits per heavy atom. The fourth-order valence-electron chi connectivity index (χ4n) is 3.70. The Morgan fingerprint density at radius 3 is 2.26 bits per heavy atom. The van der Waals surface area contributed by atoms with Gasteiger partial charge in [0.05, 0.1) is 0 Å². The van der Waals surface area contributed by atoms with Crippen molar-refractivity contribution in [3.63, 3.8) is 0 Å². The minimum Gasteiger partial charge on any atom is -0.484 e. The first-order valence-electron chi connectivity index (χ1n) is 11.4. The maximum absolute atomic E-state index is 13.5. The molecule has 0 spiro atoms. The average molecular weight is 479 g/mol. The van der Waals surface area contributed by atoms with Crippen LogP contribution in [0.3, 0.4) is 0 Å². The van der Waals surface area contributed by atoms with Crippen LogP contribution in [0.2, 0.25) is 5.02 Å². The molecule has 0 aliphatic heterocycles. The summed E-state index contributed by atoms with van der Waals surface area (Å²) in [5, 5.41) is 3.58. The first kappa shape index (κ1) is 25.3. The molecule has 0 unspecified atom stereocenters. The average Bonchev–Trinajstić information content (AvgIpc) is 2.81.